The van der Waals surface area contributed by atoms with E-state index in [-0.39, 0.29) is 17.6 Å². The minimum Gasteiger partial charge on any atom is -0.350 e. The van der Waals surface area contributed by atoms with Gasteiger partial charge in [0.1, 0.15) is 11.9 Å². The number of rotatable bonds is 5. The molecule has 162 valence electrons. The van der Waals surface area contributed by atoms with Gasteiger partial charge in [0.2, 0.25) is 5.91 Å². The molecule has 0 bridgehead atoms. The highest BCUT2D eigenvalue weighted by Crippen LogP contribution is 2.17. The molecule has 32 heavy (non-hydrogen) atoms. The molecule has 1 atom stereocenters. The molecule has 7 nitrogen and oxygen atoms in total. The summed E-state index contributed by atoms with van der Waals surface area (Å²) >= 11 is 0. The number of amides is 1. The van der Waals surface area contributed by atoms with Gasteiger partial charge in [0.05, 0.1) is 16.6 Å². The number of para-hydroxylation sites is 1. The van der Waals surface area contributed by atoms with Gasteiger partial charge in [-0.05, 0) is 49.7 Å². The van der Waals surface area contributed by atoms with Crippen LogP contribution in [0.1, 0.15) is 24.1 Å². The van der Waals surface area contributed by atoms with E-state index in [1.54, 1.807) is 49.6 Å². The fourth-order valence-electron chi connectivity index (χ4n) is 3.63. The van der Waals surface area contributed by atoms with Gasteiger partial charge in [0.25, 0.3) is 5.56 Å². The summed E-state index contributed by atoms with van der Waals surface area (Å²) in [5.41, 5.74) is 0.314. The molecule has 4 rings (SSSR count). The van der Waals surface area contributed by atoms with Crippen molar-refractivity contribution in [2.75, 3.05) is 0 Å². The second-order valence-electron chi connectivity index (χ2n) is 7.52. The molecule has 0 unspecified atom stereocenters. The Hall–Kier alpha value is -4.07. The molecule has 1 N–H and O–H groups in total. The van der Waals surface area contributed by atoms with E-state index in [2.05, 4.69) is 10.3 Å². The molecule has 0 aliphatic heterocycles. The van der Waals surface area contributed by atoms with Crippen molar-refractivity contribution in [1.29, 1.82) is 0 Å². The second-order valence-corrected chi connectivity index (χ2v) is 7.52. The quantitative estimate of drug-likeness (QED) is 0.526. The van der Waals surface area contributed by atoms with Crippen LogP contribution in [0, 0.1) is 12.7 Å². The van der Waals surface area contributed by atoms with Gasteiger partial charge in [-0.25, -0.2) is 13.8 Å². The van der Waals surface area contributed by atoms with E-state index in [4.69, 9.17) is 0 Å². The van der Waals surface area contributed by atoms with Crippen molar-refractivity contribution in [3.05, 3.63) is 105 Å². The van der Waals surface area contributed by atoms with Crippen molar-refractivity contribution in [3.8, 4) is 5.69 Å². The van der Waals surface area contributed by atoms with Crippen LogP contribution in [0.25, 0.3) is 16.6 Å². The molecule has 0 saturated carbocycles. The third kappa shape index (κ3) is 3.82. The highest BCUT2D eigenvalue weighted by molar-refractivity contribution is 5.84. The Morgan fingerprint density at radius 1 is 1.12 bits per heavy atom. The lowest BCUT2D eigenvalue weighted by Gasteiger charge is -2.20. The molecule has 1 amide bonds. The zero-order valence-corrected chi connectivity index (χ0v) is 17.6. The average Bonchev–Trinajstić information content (AvgIpc) is 2.79. The number of nitrogens with zero attached hydrogens (tertiary/aromatic N) is 3. The van der Waals surface area contributed by atoms with Gasteiger partial charge in [0.15, 0.2) is 0 Å². The van der Waals surface area contributed by atoms with Crippen LogP contribution in [-0.4, -0.2) is 20.0 Å². The Morgan fingerprint density at radius 3 is 2.62 bits per heavy atom. The van der Waals surface area contributed by atoms with E-state index in [9.17, 15) is 18.8 Å². The first-order valence-electron chi connectivity index (χ1n) is 10.1. The van der Waals surface area contributed by atoms with Gasteiger partial charge >= 0.3 is 5.69 Å². The van der Waals surface area contributed by atoms with Crippen molar-refractivity contribution in [1.82, 2.24) is 19.4 Å². The number of carbonyl (C=O) groups excluding carboxylic acids is 1. The van der Waals surface area contributed by atoms with Crippen LogP contribution < -0.4 is 16.6 Å². The van der Waals surface area contributed by atoms with Crippen molar-refractivity contribution in [2.45, 2.75) is 26.4 Å². The number of aryl methyl sites for hydroxylation is 1. The predicted octanol–water partition coefficient (Wildman–Crippen LogP) is 2.87. The average molecular weight is 432 g/mol. The van der Waals surface area contributed by atoms with Gasteiger partial charge in [0, 0.05) is 18.9 Å². The third-order valence-corrected chi connectivity index (χ3v) is 5.29. The molecular formula is C24H21FN4O3. The maximum absolute atomic E-state index is 14.5. The Kier molecular flexibility index (Phi) is 5.68. The minimum atomic E-state index is -0.956. The fourth-order valence-corrected chi connectivity index (χ4v) is 3.63. The summed E-state index contributed by atoms with van der Waals surface area (Å²) < 4.78 is 16.5. The van der Waals surface area contributed by atoms with Gasteiger partial charge in [-0.2, -0.15) is 0 Å². The van der Waals surface area contributed by atoms with E-state index >= 15 is 0 Å². The van der Waals surface area contributed by atoms with Crippen LogP contribution in [0.3, 0.4) is 0 Å². The highest BCUT2D eigenvalue weighted by atomic mass is 19.1. The van der Waals surface area contributed by atoms with Crippen LogP contribution in [-0.2, 0) is 11.3 Å². The van der Waals surface area contributed by atoms with Crippen LogP contribution in [0.4, 0.5) is 4.39 Å². The molecule has 0 fully saturated rings. The number of aromatic nitrogens is 3. The number of nitrogens with one attached hydrogen (secondary N) is 1. The predicted molar refractivity (Wildman–Crippen MR) is 119 cm³/mol. The monoisotopic (exact) mass is 432 g/mol. The second kappa shape index (κ2) is 8.58. The summed E-state index contributed by atoms with van der Waals surface area (Å²) in [5, 5.41) is 3.01. The van der Waals surface area contributed by atoms with Gasteiger partial charge in [-0.15, -0.1) is 0 Å². The number of hydrogen-bond donors (Lipinski definition) is 1. The number of benzene rings is 2. The van der Waals surface area contributed by atoms with Gasteiger partial charge in [-0.1, -0.05) is 29.8 Å². The molecule has 4 aromatic rings. The summed E-state index contributed by atoms with van der Waals surface area (Å²) in [6, 6.07) is 13.2. The molecular weight excluding hydrogens is 411 g/mol. The third-order valence-electron chi connectivity index (χ3n) is 5.29. The first-order chi connectivity index (χ1) is 15.4. The SMILES string of the molecule is Cc1ccc2c(c1)c(=O)n(-c1ccccc1F)c(=O)n2[C@@H](C)C(=O)NCc1cccnc1. The van der Waals surface area contributed by atoms with Crippen molar-refractivity contribution in [3.63, 3.8) is 0 Å². The Morgan fingerprint density at radius 2 is 1.91 bits per heavy atom. The molecule has 0 aliphatic carbocycles. The van der Waals surface area contributed by atoms with E-state index < -0.39 is 29.0 Å². The summed E-state index contributed by atoms with van der Waals surface area (Å²) in [6.45, 7) is 3.61. The largest absolute Gasteiger partial charge is 0.350 e. The molecule has 2 aromatic carbocycles. The molecule has 8 heteroatoms. The van der Waals surface area contributed by atoms with Crippen molar-refractivity contribution >= 4 is 16.8 Å². The zero-order chi connectivity index (χ0) is 22.8. The zero-order valence-electron chi connectivity index (χ0n) is 17.6. The molecule has 0 saturated heterocycles. The van der Waals surface area contributed by atoms with E-state index in [0.29, 0.717) is 5.52 Å². The first-order valence-corrected chi connectivity index (χ1v) is 10.1. The topological polar surface area (TPSA) is 86.0 Å². The Bertz CT molecular complexity index is 1430. The normalized spacial score (nSPS) is 12.0. The Balaban J connectivity index is 1.86. The molecule has 2 aromatic heterocycles. The minimum absolute atomic E-state index is 0.164. The Labute approximate surface area is 182 Å². The number of pyridine rings is 1. The van der Waals surface area contributed by atoms with Crippen LogP contribution >= 0.6 is 0 Å². The van der Waals surface area contributed by atoms with Crippen LogP contribution in [0.5, 0.6) is 0 Å². The van der Waals surface area contributed by atoms with Gasteiger partial charge < -0.3 is 5.32 Å². The van der Waals surface area contributed by atoms with Crippen molar-refractivity contribution < 1.29 is 9.18 Å². The fraction of sp³-hybridized carbons (Fsp3) is 0.167. The molecule has 0 radical (unpaired) electrons. The molecule has 2 heterocycles. The molecule has 0 aliphatic rings. The summed E-state index contributed by atoms with van der Waals surface area (Å²) in [5.74, 6) is -1.13. The van der Waals surface area contributed by atoms with Crippen LogP contribution in [0.15, 0.2) is 76.6 Å². The van der Waals surface area contributed by atoms with E-state index in [0.717, 1.165) is 15.7 Å². The standard InChI is InChI=1S/C24H21FN4O3/c1-15-9-10-20-18(12-15)23(31)29(21-8-4-3-7-19(21)25)24(32)28(20)16(2)22(30)27-14-17-6-5-11-26-13-17/h3-13,16H,14H2,1-2H3,(H,27,30)/t16-/m0/s1. The van der Waals surface area contributed by atoms with Gasteiger partial charge in [-0.3, -0.25) is 19.1 Å². The smallest absolute Gasteiger partial charge is 0.336 e. The highest BCUT2D eigenvalue weighted by Gasteiger charge is 2.23. The number of halogens is 1. The lowest BCUT2D eigenvalue weighted by atomic mass is 10.1. The maximum atomic E-state index is 14.5. The summed E-state index contributed by atoms with van der Waals surface area (Å²) in [7, 11) is 0. The lowest BCUT2D eigenvalue weighted by Crippen LogP contribution is -2.43. The van der Waals surface area contributed by atoms with E-state index in [1.807, 2.05) is 13.0 Å². The number of hydrogen-bond acceptors (Lipinski definition) is 4. The summed E-state index contributed by atoms with van der Waals surface area (Å²) in [4.78, 5) is 43.6. The molecule has 0 spiro atoms. The van der Waals surface area contributed by atoms with Crippen LogP contribution in [0.2, 0.25) is 0 Å². The number of fused-ring (bicyclic) bond motifs is 1. The maximum Gasteiger partial charge on any atom is 0.336 e. The lowest BCUT2D eigenvalue weighted by molar-refractivity contribution is -0.124. The van der Waals surface area contributed by atoms with Crippen molar-refractivity contribution in [2.24, 2.45) is 0 Å². The number of carbonyl (C=O) groups is 1. The summed E-state index contributed by atoms with van der Waals surface area (Å²) in [6.07, 6.45) is 3.27. The first kappa shape index (κ1) is 21.2. The van der Waals surface area contributed by atoms with E-state index in [1.165, 1.54) is 22.8 Å².